The van der Waals surface area contributed by atoms with Crippen LogP contribution in [0, 0.1) is 0 Å². The summed E-state index contributed by atoms with van der Waals surface area (Å²) in [5.74, 6) is -1.06. The van der Waals surface area contributed by atoms with E-state index < -0.39 is 56.6 Å². The van der Waals surface area contributed by atoms with Crippen molar-refractivity contribution in [2.45, 2.75) is 200 Å². The van der Waals surface area contributed by atoms with E-state index in [-0.39, 0.29) is 12.8 Å². The molecule has 0 rings (SSSR count). The van der Waals surface area contributed by atoms with Crippen LogP contribution in [0.5, 0.6) is 0 Å². The summed E-state index contributed by atoms with van der Waals surface area (Å²) >= 11 is 0. The highest BCUT2D eigenvalue weighted by molar-refractivity contribution is 7.47. The molecule has 0 bridgehead atoms. The first-order valence-electron chi connectivity index (χ1n) is 23.0. The lowest BCUT2D eigenvalue weighted by Crippen LogP contribution is -2.37. The van der Waals surface area contributed by atoms with Crippen LogP contribution in [0.15, 0.2) is 12.2 Å². The Hall–Kier alpha value is -1.25. The number of hydrogen-bond donors (Lipinski definition) is 1. The fourth-order valence-electron chi connectivity index (χ4n) is 5.66. The first-order valence-corrected chi connectivity index (χ1v) is 22.5. The van der Waals surface area contributed by atoms with Crippen LogP contribution in [-0.4, -0.2) is 74.8 Å². The van der Waals surface area contributed by atoms with E-state index >= 15 is 0 Å². The predicted molar refractivity (Wildman–Crippen MR) is 215 cm³/mol. The van der Waals surface area contributed by atoms with Crippen LogP contribution < -0.4 is 0 Å². The first-order chi connectivity index (χ1) is 26.5. The quantitative estimate of drug-likeness (QED) is 0.0217. The van der Waals surface area contributed by atoms with Gasteiger partial charge in [0.05, 0.1) is 33.2 Å². The third-order valence-electron chi connectivity index (χ3n) is 8.82. The number of quaternary nitrogens is 1. The molecule has 308 valence electrons. The maximum absolute atomic E-state index is 12.8. The summed E-state index contributed by atoms with van der Waals surface area (Å²) in [5.41, 5.74) is 0. The smallest absolute Gasteiger partial charge is 0.462 e. The number of likely N-dealkylation sites (N-methyl/N-ethyl adjacent to an activating group) is 1. The van der Waals surface area contributed by atoms with Crippen molar-refractivity contribution in [1.82, 2.24) is 0 Å². The molecule has 52 heavy (non-hydrogen) atoms. The molecule has 9 nitrogen and oxygen atoms in total. The normalized spacial score (nSPS) is 15.4. The zero-order valence-electron chi connectivity index (χ0n) is 38.1. The molecule has 0 aromatic heterocycles. The molecular weight excluding hydrogens is 677 g/mol. The molecule has 0 fully saturated rings. The topological polar surface area (TPSA) is 108 Å². The maximum Gasteiger partial charge on any atom is 0.472 e. The van der Waals surface area contributed by atoms with Gasteiger partial charge in [-0.3, -0.25) is 18.6 Å². The molecule has 0 aromatic carbocycles. The van der Waals surface area contributed by atoms with E-state index in [0.717, 1.165) is 57.8 Å². The van der Waals surface area contributed by atoms with Crippen LogP contribution in [0.1, 0.15) is 199 Å². The number of nitrogens with zero attached hydrogens (tertiary/aromatic N) is 1. The Balaban J connectivity index is 4.74. The van der Waals surface area contributed by atoms with Crippen LogP contribution in [0.2, 0.25) is 0 Å². The molecule has 0 spiro atoms. The van der Waals surface area contributed by atoms with E-state index in [9.17, 15) is 19.0 Å². The highest BCUT2D eigenvalue weighted by Gasteiger charge is 2.27. The number of hydrogen-bond acceptors (Lipinski definition) is 7. The molecule has 0 aliphatic carbocycles. The van der Waals surface area contributed by atoms with Crippen molar-refractivity contribution in [2.24, 2.45) is 0 Å². The molecule has 0 aliphatic heterocycles. The molecule has 10 heteroatoms. The van der Waals surface area contributed by atoms with E-state index in [1.807, 2.05) is 0 Å². The number of ether oxygens (including phenoxy) is 2. The fraction of sp³-hybridized carbons (Fsp3) is 0.905. The number of carbonyl (C=O) groups excluding carboxylic acids is 2. The van der Waals surface area contributed by atoms with Crippen molar-refractivity contribution >= 4 is 19.8 Å². The van der Waals surface area contributed by atoms with Crippen LogP contribution in [-0.2, 0) is 32.7 Å². The zero-order chi connectivity index (χ0) is 42.2. The van der Waals surface area contributed by atoms with Crippen molar-refractivity contribution < 1.29 is 47.5 Å². The number of esters is 2. The molecule has 0 aromatic rings. The van der Waals surface area contributed by atoms with Gasteiger partial charge in [0.1, 0.15) is 19.7 Å². The second kappa shape index (κ2) is 35.5. The van der Waals surface area contributed by atoms with Crippen LogP contribution in [0.25, 0.3) is 0 Å². The molecule has 0 amide bonds. The summed E-state index contributed by atoms with van der Waals surface area (Å²) in [6.07, 6.45) is 33.6. The van der Waals surface area contributed by atoms with Crippen molar-refractivity contribution in [3.63, 3.8) is 0 Å². The lowest BCUT2D eigenvalue weighted by molar-refractivity contribution is -0.870. The number of phosphoric ester groups is 1. The Morgan fingerprint density at radius 2 is 1.02 bits per heavy atom. The molecular formula is C42H83NO8P+. The fourth-order valence-corrected chi connectivity index (χ4v) is 6.23. The Labute approximate surface area is 326 Å². The van der Waals surface area contributed by atoms with Crippen molar-refractivity contribution in [2.75, 3.05) is 47.4 Å². The highest BCUT2D eigenvalue weighted by Crippen LogP contribution is 2.43. The lowest BCUT2D eigenvalue weighted by atomic mass is 10.0. The minimum Gasteiger partial charge on any atom is -0.462 e. The van der Waals surface area contributed by atoms with Gasteiger partial charge in [-0.25, -0.2) is 4.57 Å². The molecule has 0 radical (unpaired) electrons. The van der Waals surface area contributed by atoms with Gasteiger partial charge in [-0.2, -0.15) is 0 Å². The van der Waals surface area contributed by atoms with Gasteiger partial charge in [0, 0.05) is 12.8 Å². The molecule has 2 atom stereocenters. The minimum absolute atomic E-state index is 0.112. The Bertz CT molecular complexity index is 1070. The van der Waals surface area contributed by atoms with E-state index in [0.29, 0.717) is 12.8 Å². The molecule has 1 N–H and O–H groups in total. The van der Waals surface area contributed by atoms with Gasteiger partial charge in [-0.05, 0) is 38.5 Å². The maximum atomic E-state index is 12.8. The summed E-state index contributed by atoms with van der Waals surface area (Å²) in [4.78, 5) is 35.6. The molecule has 0 aliphatic rings. The summed E-state index contributed by atoms with van der Waals surface area (Å²) in [7, 11) is -1.05. The average Bonchev–Trinajstić information content (AvgIpc) is 3.12. The summed E-state index contributed by atoms with van der Waals surface area (Å²) in [5, 5.41) is 0. The van der Waals surface area contributed by atoms with Crippen LogP contribution >= 0.6 is 7.82 Å². The van der Waals surface area contributed by atoms with Gasteiger partial charge in [0.25, 0.3) is 0 Å². The largest absolute Gasteiger partial charge is 0.472 e. The van der Waals surface area contributed by atoms with Gasteiger partial charge in [-0.15, -0.1) is 0 Å². The van der Waals surface area contributed by atoms with E-state index in [4.69, 9.17) is 19.5 Å². The lowest BCUT2D eigenvalue weighted by Gasteiger charge is -2.24. The summed E-state index contributed by atoms with van der Waals surface area (Å²) in [6, 6.07) is 0. The van der Waals surface area contributed by atoms with E-state index in [2.05, 4.69) is 30.5 Å². The van der Waals surface area contributed by atoms with E-state index in [1.165, 1.54) is 117 Å². The second-order valence-electron chi connectivity index (χ2n) is 15.2. The predicted octanol–water partition coefficient (Wildman–Crippen LogP) is 11.8. The van der Waals surface area contributed by atoms with Crippen molar-refractivity contribution in [1.29, 1.82) is 0 Å². The third-order valence-corrected chi connectivity index (χ3v) is 9.62. The van der Waals surface area contributed by atoms with Crippen LogP contribution in [0.4, 0.5) is 0 Å². The average molecular weight is 765 g/mol. The molecule has 0 heterocycles. The Morgan fingerprint density at radius 1 is 0.615 bits per heavy atom. The van der Waals surface area contributed by atoms with Gasteiger partial charge in [0.15, 0.2) is 6.10 Å². The third kappa shape index (κ3) is 38.5. The van der Waals surface area contributed by atoms with Gasteiger partial charge < -0.3 is 18.9 Å². The zero-order valence-corrected chi connectivity index (χ0v) is 35.0. The number of carbonyl (C=O) groups is 2. The summed E-state index contributed by atoms with van der Waals surface area (Å²) < 4.78 is 65.0. The molecule has 0 saturated heterocycles. The second-order valence-corrected chi connectivity index (χ2v) is 16.6. The van der Waals surface area contributed by atoms with Gasteiger partial charge in [-0.1, -0.05) is 154 Å². The number of allylic oxidation sites excluding steroid dienone is 2. The monoisotopic (exact) mass is 765 g/mol. The standard InChI is InChI=1S/C42H82NO8P/c1-6-8-10-12-14-16-18-20-21-23-25-27-29-31-33-35-42(45)51-40(39-50-52(46,47)49-37-36-43(3,4)5)38-48-41(44)34-32-30-28-26-24-22-19-17-15-13-11-9-7-2/h20-21,40H,6-19,22-39H2,1-5H3/p+1/b21-20-/t40-/m1/s1/i36D2,37D2. The summed E-state index contributed by atoms with van der Waals surface area (Å²) in [6.45, 7) is -2.61. The molecule has 0 saturated carbocycles. The van der Waals surface area contributed by atoms with Crippen LogP contribution in [0.3, 0.4) is 0 Å². The van der Waals surface area contributed by atoms with Crippen molar-refractivity contribution in [3.05, 3.63) is 12.2 Å². The Kier molecular flexibility index (Phi) is 29.6. The number of phosphoric acid groups is 1. The van der Waals surface area contributed by atoms with Crippen molar-refractivity contribution in [3.8, 4) is 0 Å². The van der Waals surface area contributed by atoms with E-state index in [1.54, 1.807) is 0 Å². The van der Waals surface area contributed by atoms with Gasteiger partial charge in [0.2, 0.25) is 0 Å². The highest BCUT2D eigenvalue weighted by atomic mass is 31.2. The molecule has 1 unspecified atom stereocenters. The minimum atomic E-state index is -5.18. The number of unbranched alkanes of at least 4 members (excludes halogenated alkanes) is 23. The Morgan fingerprint density at radius 3 is 1.46 bits per heavy atom. The first kappa shape index (κ1) is 43.5. The SMILES string of the molecule is [2H]C([2H])(OP(=O)(O)OC[C@@H](COC(=O)CCCCCCCCCCCCCCC)OC(=O)CCCCCCC/C=C\CCCCCCCC)C([2H])([2H])[N+](C)(C)C. The van der Waals surface area contributed by atoms with Gasteiger partial charge >= 0.3 is 19.8 Å². The number of rotatable bonds is 39.